The Balaban J connectivity index is 1.41. The van der Waals surface area contributed by atoms with Gasteiger partial charge in [-0.05, 0) is 57.8 Å². The van der Waals surface area contributed by atoms with Crippen molar-refractivity contribution in [2.45, 2.75) is 44.3 Å². The highest BCUT2D eigenvalue weighted by atomic mass is 32.2. The monoisotopic (exact) mass is 448 g/mol. The second kappa shape index (κ2) is 10.1. The number of hydrogen-bond acceptors (Lipinski definition) is 6. The van der Waals surface area contributed by atoms with E-state index in [2.05, 4.69) is 25.6 Å². The molecule has 10 heteroatoms. The van der Waals surface area contributed by atoms with Crippen LogP contribution in [0.15, 0.2) is 35.9 Å². The van der Waals surface area contributed by atoms with Gasteiger partial charge in [0.05, 0.1) is 11.9 Å². The number of thioether (sulfide) groups is 1. The third-order valence-corrected chi connectivity index (χ3v) is 5.82. The van der Waals surface area contributed by atoms with Crippen LogP contribution in [-0.2, 0) is 0 Å². The molecular weight excluding hydrogens is 420 g/mol. The predicted molar refractivity (Wildman–Crippen MR) is 123 cm³/mol. The van der Waals surface area contributed by atoms with E-state index in [1.807, 2.05) is 27.0 Å². The van der Waals surface area contributed by atoms with Gasteiger partial charge in [-0.25, -0.2) is 14.8 Å². The summed E-state index contributed by atoms with van der Waals surface area (Å²) in [5.41, 5.74) is 0.601. The zero-order valence-corrected chi connectivity index (χ0v) is 19.1. The molecule has 162 valence electrons. The lowest BCUT2D eigenvalue weighted by atomic mass is 9.99. The lowest BCUT2D eigenvalue weighted by Crippen LogP contribution is -2.42. The molecule has 1 amide bonds. The number of imidazole rings is 1. The molecule has 0 atom stereocenters. The van der Waals surface area contributed by atoms with Gasteiger partial charge in [-0.2, -0.15) is 0 Å². The second-order valence-corrected chi connectivity index (χ2v) is 9.63. The lowest BCUT2D eigenvalue weighted by Gasteiger charge is -2.30. The lowest BCUT2D eigenvalue weighted by molar-refractivity contribution is 0.132. The standard InChI is InChI=1S/C20H28N6O2S2/c1-20(2,3)25-17(29)24-15-4-5-16(23-12-15)28-19(27)26-10-6-14(7-11-26)13-30-18-21-8-9-22-18/h4-5,8-9,12,14H,6-7,10-11,13H2,1-3H3,(H,21,22)(H2,24,25,29). The Bertz CT molecular complexity index is 828. The van der Waals surface area contributed by atoms with Gasteiger partial charge in [0.15, 0.2) is 10.3 Å². The van der Waals surface area contributed by atoms with Crippen LogP contribution in [0.3, 0.4) is 0 Å². The number of pyridine rings is 1. The zero-order chi connectivity index (χ0) is 21.6. The molecule has 0 radical (unpaired) electrons. The van der Waals surface area contributed by atoms with E-state index in [1.165, 1.54) is 0 Å². The van der Waals surface area contributed by atoms with Gasteiger partial charge >= 0.3 is 6.09 Å². The zero-order valence-electron chi connectivity index (χ0n) is 17.5. The van der Waals surface area contributed by atoms with E-state index in [9.17, 15) is 4.79 Å². The Morgan fingerprint density at radius 3 is 2.70 bits per heavy atom. The molecule has 1 saturated heterocycles. The Labute approximate surface area is 186 Å². The van der Waals surface area contributed by atoms with E-state index >= 15 is 0 Å². The number of carbonyl (C=O) groups excluding carboxylic acids is 1. The number of aromatic nitrogens is 3. The summed E-state index contributed by atoms with van der Waals surface area (Å²) in [6, 6.07) is 3.44. The Morgan fingerprint density at radius 2 is 2.10 bits per heavy atom. The molecule has 30 heavy (non-hydrogen) atoms. The SMILES string of the molecule is CC(C)(C)NC(=S)Nc1ccc(OC(=O)N2CCC(CSc3ncc[nH]3)CC2)nc1. The van der Waals surface area contributed by atoms with E-state index in [4.69, 9.17) is 17.0 Å². The number of likely N-dealkylation sites (tertiary alicyclic amines) is 1. The summed E-state index contributed by atoms with van der Waals surface area (Å²) in [4.78, 5) is 25.7. The summed E-state index contributed by atoms with van der Waals surface area (Å²) in [5, 5.41) is 7.70. The van der Waals surface area contributed by atoms with Gasteiger partial charge in [0.2, 0.25) is 5.88 Å². The predicted octanol–water partition coefficient (Wildman–Crippen LogP) is 3.89. The molecule has 1 aliphatic heterocycles. The van der Waals surface area contributed by atoms with Crippen molar-refractivity contribution in [2.24, 2.45) is 5.92 Å². The van der Waals surface area contributed by atoms with E-state index < -0.39 is 0 Å². The Morgan fingerprint density at radius 1 is 1.33 bits per heavy atom. The van der Waals surface area contributed by atoms with Crippen LogP contribution >= 0.6 is 24.0 Å². The third-order valence-electron chi connectivity index (χ3n) is 4.48. The summed E-state index contributed by atoms with van der Waals surface area (Å²) in [5.74, 6) is 1.84. The second-order valence-electron chi connectivity index (χ2n) is 8.22. The molecule has 1 fully saturated rings. The third kappa shape index (κ3) is 7.17. The Kier molecular flexibility index (Phi) is 7.54. The molecule has 2 aromatic heterocycles. The van der Waals surface area contributed by atoms with Crippen molar-refractivity contribution in [3.8, 4) is 5.88 Å². The Hall–Kier alpha value is -2.33. The van der Waals surface area contributed by atoms with Gasteiger partial charge in [0, 0.05) is 42.8 Å². The molecule has 3 heterocycles. The molecule has 0 spiro atoms. The maximum absolute atomic E-state index is 12.4. The van der Waals surface area contributed by atoms with Crippen molar-refractivity contribution in [2.75, 3.05) is 24.2 Å². The molecular formula is C20H28N6O2S2. The smallest absolute Gasteiger partial charge is 0.391 e. The molecule has 0 bridgehead atoms. The van der Waals surface area contributed by atoms with Crippen molar-refractivity contribution in [1.82, 2.24) is 25.2 Å². The molecule has 1 aliphatic rings. The van der Waals surface area contributed by atoms with Crippen LogP contribution in [0.2, 0.25) is 0 Å². The number of H-pyrrole nitrogens is 1. The highest BCUT2D eigenvalue weighted by Crippen LogP contribution is 2.25. The number of rotatable bonds is 5. The number of ether oxygens (including phenoxy) is 1. The average molecular weight is 449 g/mol. The van der Waals surface area contributed by atoms with Gasteiger partial charge in [-0.3, -0.25) is 0 Å². The summed E-state index contributed by atoms with van der Waals surface area (Å²) in [6.45, 7) is 7.47. The minimum atomic E-state index is -0.356. The first-order chi connectivity index (χ1) is 14.3. The van der Waals surface area contributed by atoms with Crippen molar-refractivity contribution in [3.05, 3.63) is 30.7 Å². The topological polar surface area (TPSA) is 95.2 Å². The van der Waals surface area contributed by atoms with Crippen LogP contribution < -0.4 is 15.4 Å². The summed E-state index contributed by atoms with van der Waals surface area (Å²) in [6.07, 6.45) is 6.74. The normalized spacial score (nSPS) is 15.0. The first-order valence-corrected chi connectivity index (χ1v) is 11.3. The summed E-state index contributed by atoms with van der Waals surface area (Å²) in [7, 11) is 0. The van der Waals surface area contributed by atoms with Gasteiger partial charge in [-0.1, -0.05) is 11.8 Å². The molecule has 3 N–H and O–H groups in total. The maximum atomic E-state index is 12.4. The maximum Gasteiger partial charge on any atom is 0.416 e. The highest BCUT2D eigenvalue weighted by molar-refractivity contribution is 7.99. The first kappa shape index (κ1) is 22.4. The summed E-state index contributed by atoms with van der Waals surface area (Å²) < 4.78 is 5.43. The van der Waals surface area contributed by atoms with Crippen LogP contribution in [0.4, 0.5) is 10.5 Å². The molecule has 3 rings (SSSR count). The van der Waals surface area contributed by atoms with Crippen LogP contribution in [-0.4, -0.2) is 55.4 Å². The fraction of sp³-hybridized carbons (Fsp3) is 0.500. The fourth-order valence-electron chi connectivity index (χ4n) is 2.98. The van der Waals surface area contributed by atoms with Crippen LogP contribution in [0.1, 0.15) is 33.6 Å². The van der Waals surface area contributed by atoms with Gasteiger partial charge in [0.1, 0.15) is 0 Å². The fourth-order valence-corrected chi connectivity index (χ4v) is 4.42. The number of carbonyl (C=O) groups is 1. The molecule has 0 aromatic carbocycles. The molecule has 0 unspecified atom stereocenters. The van der Waals surface area contributed by atoms with Crippen LogP contribution in [0.25, 0.3) is 0 Å². The number of nitrogens with one attached hydrogen (secondary N) is 3. The van der Waals surface area contributed by atoms with Crippen LogP contribution in [0, 0.1) is 5.92 Å². The number of anilines is 1. The van der Waals surface area contributed by atoms with Crippen LogP contribution in [0.5, 0.6) is 5.88 Å². The number of aromatic amines is 1. The van der Waals surface area contributed by atoms with Crippen molar-refractivity contribution in [3.63, 3.8) is 0 Å². The van der Waals surface area contributed by atoms with E-state index in [1.54, 1.807) is 41.2 Å². The number of nitrogens with zero attached hydrogens (tertiary/aromatic N) is 3. The highest BCUT2D eigenvalue weighted by Gasteiger charge is 2.24. The van der Waals surface area contributed by atoms with E-state index in [0.717, 1.165) is 29.4 Å². The average Bonchev–Trinajstić information content (AvgIpc) is 3.20. The number of hydrogen-bond donors (Lipinski definition) is 3. The van der Waals surface area contributed by atoms with Gasteiger partial charge in [0.25, 0.3) is 0 Å². The molecule has 0 aliphatic carbocycles. The minimum absolute atomic E-state index is 0.127. The molecule has 2 aromatic rings. The quantitative estimate of drug-likeness (QED) is 0.468. The van der Waals surface area contributed by atoms with Crippen molar-refractivity contribution < 1.29 is 9.53 Å². The molecule has 8 nitrogen and oxygen atoms in total. The largest absolute Gasteiger partial charge is 0.416 e. The van der Waals surface area contributed by atoms with Crippen molar-refractivity contribution in [1.29, 1.82) is 0 Å². The first-order valence-electron chi connectivity index (χ1n) is 9.93. The van der Waals surface area contributed by atoms with E-state index in [-0.39, 0.29) is 17.5 Å². The summed E-state index contributed by atoms with van der Waals surface area (Å²) >= 11 is 7.00. The van der Waals surface area contributed by atoms with E-state index in [0.29, 0.717) is 24.1 Å². The number of amides is 1. The number of piperidine rings is 1. The molecule has 0 saturated carbocycles. The minimum Gasteiger partial charge on any atom is -0.391 e. The van der Waals surface area contributed by atoms with Gasteiger partial charge in [-0.15, -0.1) is 0 Å². The van der Waals surface area contributed by atoms with Crippen molar-refractivity contribution >= 4 is 40.9 Å². The number of thiocarbonyl (C=S) groups is 1. The van der Waals surface area contributed by atoms with Gasteiger partial charge < -0.3 is 25.3 Å².